The largest absolute Gasteiger partial charge is 0.490 e. The molecule has 1 heterocycles. The Hall–Kier alpha value is 0.0800. The van der Waals surface area contributed by atoms with Gasteiger partial charge in [-0.2, -0.15) is 0 Å². The maximum Gasteiger partial charge on any atom is 0.133 e. The molecule has 0 aliphatic heterocycles. The maximum atomic E-state index is 10.5. The molecule has 0 fully saturated rings. The number of thiophene rings is 1. The number of hydrogen-bond donors (Lipinski definition) is 1. The average molecular weight is 501 g/mol. The molecule has 7 heteroatoms. The van der Waals surface area contributed by atoms with Crippen molar-refractivity contribution in [2.45, 2.75) is 6.10 Å². The molecular formula is C14H13Br3O3S. The zero-order valence-corrected chi connectivity index (χ0v) is 16.7. The van der Waals surface area contributed by atoms with Crippen LogP contribution in [0.4, 0.5) is 0 Å². The highest BCUT2D eigenvalue weighted by molar-refractivity contribution is 9.12. The van der Waals surface area contributed by atoms with Crippen LogP contribution < -0.4 is 4.74 Å². The fourth-order valence-electron chi connectivity index (χ4n) is 1.76. The molecule has 0 saturated carbocycles. The van der Waals surface area contributed by atoms with Gasteiger partial charge in [-0.3, -0.25) is 0 Å². The fraction of sp³-hybridized carbons (Fsp3) is 0.286. The van der Waals surface area contributed by atoms with Gasteiger partial charge in [-0.1, -0.05) is 6.07 Å². The number of methoxy groups -OCH3 is 1. The van der Waals surface area contributed by atoms with Crippen molar-refractivity contribution in [1.82, 2.24) is 0 Å². The summed E-state index contributed by atoms with van der Waals surface area (Å²) >= 11 is 11.9. The first-order valence-electron chi connectivity index (χ1n) is 6.07. The summed E-state index contributed by atoms with van der Waals surface area (Å²) in [4.78, 5) is 0. The Kier molecular flexibility index (Phi) is 6.71. The molecule has 1 N–H and O–H groups in total. The van der Waals surface area contributed by atoms with Gasteiger partial charge in [0.1, 0.15) is 18.5 Å². The lowest BCUT2D eigenvalue weighted by Gasteiger charge is -2.13. The van der Waals surface area contributed by atoms with Gasteiger partial charge in [0.2, 0.25) is 0 Å². The Bertz CT molecular complexity index is 616. The van der Waals surface area contributed by atoms with Crippen molar-refractivity contribution in [1.29, 1.82) is 0 Å². The van der Waals surface area contributed by atoms with E-state index in [0.717, 1.165) is 28.9 Å². The molecule has 0 aliphatic rings. The van der Waals surface area contributed by atoms with Crippen LogP contribution in [0.15, 0.2) is 36.3 Å². The summed E-state index contributed by atoms with van der Waals surface area (Å²) in [7, 11) is 1.63. The van der Waals surface area contributed by atoms with Crippen molar-refractivity contribution < 1.29 is 14.6 Å². The van der Waals surface area contributed by atoms with Crippen LogP contribution in [0.5, 0.6) is 5.75 Å². The van der Waals surface area contributed by atoms with Gasteiger partial charge >= 0.3 is 0 Å². The zero-order valence-electron chi connectivity index (χ0n) is 11.1. The second-order valence-corrected chi connectivity index (χ2v) is 8.82. The summed E-state index contributed by atoms with van der Waals surface area (Å²) in [5, 5.41) is 10.5. The average Bonchev–Trinajstić information content (AvgIpc) is 2.79. The van der Waals surface area contributed by atoms with Crippen LogP contribution in [0.2, 0.25) is 0 Å². The number of halogens is 3. The molecule has 1 aromatic carbocycles. The molecule has 1 atom stereocenters. The third-order valence-electron chi connectivity index (χ3n) is 2.79. The lowest BCUT2D eigenvalue weighted by molar-refractivity contribution is 0.146. The Morgan fingerprint density at radius 3 is 2.52 bits per heavy atom. The van der Waals surface area contributed by atoms with Crippen LogP contribution in [0.1, 0.15) is 17.2 Å². The Balaban J connectivity index is 2.17. The predicted octanol–water partition coefficient (Wildman–Crippen LogP) is 5.14. The van der Waals surface area contributed by atoms with Gasteiger partial charge in [0.15, 0.2) is 0 Å². The summed E-state index contributed by atoms with van der Waals surface area (Å²) < 4.78 is 13.2. The van der Waals surface area contributed by atoms with E-state index in [1.165, 1.54) is 11.3 Å². The minimum atomic E-state index is -0.689. The summed E-state index contributed by atoms with van der Waals surface area (Å²) in [6.45, 7) is 1.02. The predicted molar refractivity (Wildman–Crippen MR) is 95.3 cm³/mol. The Labute approximate surface area is 152 Å². The third-order valence-corrected chi connectivity index (χ3v) is 5.80. The van der Waals surface area contributed by atoms with Crippen LogP contribution in [0, 0.1) is 0 Å². The van der Waals surface area contributed by atoms with Gasteiger partial charge in [0, 0.05) is 12.7 Å². The second-order valence-electron chi connectivity index (χ2n) is 4.21. The van der Waals surface area contributed by atoms with Crippen molar-refractivity contribution in [2.75, 3.05) is 20.3 Å². The van der Waals surface area contributed by atoms with Crippen LogP contribution in [0.25, 0.3) is 0 Å². The molecule has 0 amide bonds. The molecule has 1 aromatic heterocycles. The van der Waals surface area contributed by atoms with Gasteiger partial charge in [0.05, 0.1) is 18.7 Å². The van der Waals surface area contributed by atoms with Crippen LogP contribution in [-0.4, -0.2) is 25.4 Å². The Morgan fingerprint density at radius 1 is 1.19 bits per heavy atom. The quantitative estimate of drug-likeness (QED) is 0.558. The van der Waals surface area contributed by atoms with Crippen LogP contribution in [-0.2, 0) is 4.74 Å². The van der Waals surface area contributed by atoms with E-state index in [0.29, 0.717) is 13.2 Å². The lowest BCUT2D eigenvalue weighted by atomic mass is 10.0. The zero-order chi connectivity index (χ0) is 15.4. The second kappa shape index (κ2) is 8.08. The topological polar surface area (TPSA) is 38.7 Å². The van der Waals surface area contributed by atoms with E-state index in [-0.39, 0.29) is 0 Å². The first-order chi connectivity index (χ1) is 10.0. The molecule has 1 unspecified atom stereocenters. The van der Waals surface area contributed by atoms with E-state index in [1.54, 1.807) is 7.11 Å². The molecule has 0 bridgehead atoms. The minimum absolute atomic E-state index is 0.486. The first-order valence-corrected chi connectivity index (χ1v) is 9.26. The smallest absolute Gasteiger partial charge is 0.133 e. The van der Waals surface area contributed by atoms with Gasteiger partial charge in [0.25, 0.3) is 0 Å². The fourth-order valence-corrected chi connectivity index (χ4v) is 5.15. The molecule has 0 saturated heterocycles. The SMILES string of the molecule is COCCOc1ccc(C(O)c2cc(Br)sc2Br)cc1Br. The maximum absolute atomic E-state index is 10.5. The van der Waals surface area contributed by atoms with Crippen molar-refractivity contribution in [3.63, 3.8) is 0 Å². The van der Waals surface area contributed by atoms with Gasteiger partial charge in [-0.15, -0.1) is 11.3 Å². The van der Waals surface area contributed by atoms with Gasteiger partial charge in [-0.25, -0.2) is 0 Å². The molecule has 0 radical (unpaired) electrons. The van der Waals surface area contributed by atoms with E-state index in [2.05, 4.69) is 47.8 Å². The first kappa shape index (κ1) is 17.4. The number of aliphatic hydroxyl groups excluding tert-OH is 1. The van der Waals surface area contributed by atoms with Crippen LogP contribution >= 0.6 is 59.1 Å². The van der Waals surface area contributed by atoms with Crippen molar-refractivity contribution in [3.05, 3.63) is 47.4 Å². The highest BCUT2D eigenvalue weighted by atomic mass is 79.9. The van der Waals surface area contributed by atoms with Gasteiger partial charge < -0.3 is 14.6 Å². The summed E-state index contributed by atoms with van der Waals surface area (Å²) in [6.07, 6.45) is -0.689. The lowest BCUT2D eigenvalue weighted by Crippen LogP contribution is -2.05. The minimum Gasteiger partial charge on any atom is -0.490 e. The summed E-state index contributed by atoms with van der Waals surface area (Å²) in [5.41, 5.74) is 1.64. The van der Waals surface area contributed by atoms with Crippen LogP contribution in [0.3, 0.4) is 0 Å². The molecule has 3 nitrogen and oxygen atoms in total. The Morgan fingerprint density at radius 2 is 1.95 bits per heavy atom. The standard InChI is InChI=1S/C14H13Br3O3S/c1-19-4-5-20-11-3-2-8(6-10(11)15)13(18)9-7-12(16)21-14(9)17/h2-3,6-7,13,18H,4-5H2,1H3. The van der Waals surface area contributed by atoms with Crippen molar-refractivity contribution in [2.24, 2.45) is 0 Å². The highest BCUT2D eigenvalue weighted by Gasteiger charge is 2.17. The van der Waals surface area contributed by atoms with Gasteiger partial charge in [-0.05, 0) is 71.6 Å². The van der Waals surface area contributed by atoms with E-state index in [4.69, 9.17) is 9.47 Å². The monoisotopic (exact) mass is 498 g/mol. The molecule has 114 valence electrons. The number of aliphatic hydroxyl groups is 1. The molecule has 2 aromatic rings. The number of rotatable bonds is 6. The molecule has 0 aliphatic carbocycles. The normalized spacial score (nSPS) is 12.4. The number of hydrogen-bond acceptors (Lipinski definition) is 4. The molecule has 21 heavy (non-hydrogen) atoms. The van der Waals surface area contributed by atoms with Crippen molar-refractivity contribution >= 4 is 59.1 Å². The molecular weight excluding hydrogens is 488 g/mol. The third kappa shape index (κ3) is 4.53. The van der Waals surface area contributed by atoms with E-state index < -0.39 is 6.10 Å². The van der Waals surface area contributed by atoms with E-state index in [1.807, 2.05) is 24.3 Å². The number of ether oxygens (including phenoxy) is 2. The number of benzene rings is 1. The van der Waals surface area contributed by atoms with E-state index >= 15 is 0 Å². The summed E-state index contributed by atoms with van der Waals surface area (Å²) in [5.74, 6) is 0.730. The molecule has 2 rings (SSSR count). The molecule has 0 spiro atoms. The summed E-state index contributed by atoms with van der Waals surface area (Å²) in [6, 6.07) is 7.48. The van der Waals surface area contributed by atoms with Crippen molar-refractivity contribution in [3.8, 4) is 5.75 Å². The van der Waals surface area contributed by atoms with E-state index in [9.17, 15) is 5.11 Å². The highest BCUT2D eigenvalue weighted by Crippen LogP contribution is 2.39.